The topological polar surface area (TPSA) is 80.3 Å². The largest absolute Gasteiger partial charge is 0.486 e. The maximum absolute atomic E-state index is 12.7. The molecule has 2 amide bonds. The molecule has 35 heavy (non-hydrogen) atoms. The van der Waals surface area contributed by atoms with Gasteiger partial charge in [0.15, 0.2) is 0 Å². The molecule has 0 atom stereocenters. The number of nitrogens with zero attached hydrogens (tertiary/aromatic N) is 1. The van der Waals surface area contributed by atoms with Gasteiger partial charge in [-0.15, -0.1) is 11.3 Å². The van der Waals surface area contributed by atoms with Crippen LogP contribution >= 0.6 is 11.3 Å². The minimum Gasteiger partial charge on any atom is -0.486 e. The summed E-state index contributed by atoms with van der Waals surface area (Å²) in [6, 6.07) is 16.4. The van der Waals surface area contributed by atoms with Crippen LogP contribution < -0.4 is 15.4 Å². The van der Waals surface area contributed by atoms with E-state index in [1.165, 1.54) is 16.9 Å². The van der Waals surface area contributed by atoms with Gasteiger partial charge in [0, 0.05) is 23.9 Å². The number of aromatic nitrogens is 1. The van der Waals surface area contributed by atoms with Gasteiger partial charge in [-0.25, -0.2) is 4.98 Å². The van der Waals surface area contributed by atoms with Crippen molar-refractivity contribution in [2.45, 2.75) is 71.1 Å². The fraction of sp³-hybridized carbons (Fsp3) is 0.393. The molecule has 3 aromatic rings. The number of rotatable bonds is 9. The second kappa shape index (κ2) is 12.0. The van der Waals surface area contributed by atoms with Gasteiger partial charge >= 0.3 is 0 Å². The summed E-state index contributed by atoms with van der Waals surface area (Å²) >= 11 is 1.43. The zero-order chi connectivity index (χ0) is 24.6. The fourth-order valence-electron chi connectivity index (χ4n) is 4.49. The molecule has 184 valence electrons. The number of hydrogen-bond acceptors (Lipinski definition) is 5. The number of thiazole rings is 1. The van der Waals surface area contributed by atoms with E-state index in [2.05, 4.69) is 21.7 Å². The maximum atomic E-state index is 12.7. The third-order valence-corrected chi connectivity index (χ3v) is 7.08. The Kier molecular flexibility index (Phi) is 8.53. The van der Waals surface area contributed by atoms with E-state index in [-0.39, 0.29) is 23.9 Å². The SMILES string of the molecule is Cc1cc(C)cc(OCc2nc(C(=O)NC3CCC(NC(=O)CCc4ccccc4)CC3)cs2)c1. The molecule has 1 aliphatic rings. The summed E-state index contributed by atoms with van der Waals surface area (Å²) in [6.07, 6.45) is 4.69. The third kappa shape index (κ3) is 7.65. The molecule has 0 spiro atoms. The first-order valence-electron chi connectivity index (χ1n) is 12.2. The van der Waals surface area contributed by atoms with Crippen molar-refractivity contribution in [3.05, 3.63) is 81.3 Å². The molecule has 0 radical (unpaired) electrons. The van der Waals surface area contributed by atoms with Crippen molar-refractivity contribution >= 4 is 23.2 Å². The van der Waals surface area contributed by atoms with Crippen LogP contribution in [0.4, 0.5) is 0 Å². The highest BCUT2D eigenvalue weighted by molar-refractivity contribution is 7.09. The van der Waals surface area contributed by atoms with E-state index in [9.17, 15) is 9.59 Å². The smallest absolute Gasteiger partial charge is 0.270 e. The number of carbonyl (C=O) groups is 2. The van der Waals surface area contributed by atoms with Gasteiger partial charge in [0.2, 0.25) is 5.91 Å². The predicted molar refractivity (Wildman–Crippen MR) is 139 cm³/mol. The number of carbonyl (C=O) groups excluding carboxylic acids is 2. The van der Waals surface area contributed by atoms with Crippen molar-refractivity contribution in [2.24, 2.45) is 0 Å². The van der Waals surface area contributed by atoms with Gasteiger partial charge in [0.05, 0.1) is 0 Å². The van der Waals surface area contributed by atoms with Crippen molar-refractivity contribution < 1.29 is 14.3 Å². The molecule has 7 heteroatoms. The van der Waals surface area contributed by atoms with Crippen LogP contribution in [0.15, 0.2) is 53.9 Å². The molecule has 1 aromatic heterocycles. The van der Waals surface area contributed by atoms with Crippen molar-refractivity contribution in [1.29, 1.82) is 0 Å². The van der Waals surface area contributed by atoms with Crippen molar-refractivity contribution in [3.63, 3.8) is 0 Å². The van der Waals surface area contributed by atoms with Crippen LogP contribution in [0.1, 0.15) is 64.3 Å². The van der Waals surface area contributed by atoms with Gasteiger partial charge < -0.3 is 15.4 Å². The molecule has 0 saturated heterocycles. The maximum Gasteiger partial charge on any atom is 0.270 e. The van der Waals surface area contributed by atoms with Gasteiger partial charge in [-0.2, -0.15) is 0 Å². The van der Waals surface area contributed by atoms with Gasteiger partial charge in [0.25, 0.3) is 5.91 Å². The quantitative estimate of drug-likeness (QED) is 0.435. The Bertz CT molecular complexity index is 1120. The van der Waals surface area contributed by atoms with E-state index in [0.29, 0.717) is 18.7 Å². The number of hydrogen-bond donors (Lipinski definition) is 2. The molecule has 1 saturated carbocycles. The van der Waals surface area contributed by atoms with E-state index in [0.717, 1.165) is 54.0 Å². The van der Waals surface area contributed by atoms with Crippen molar-refractivity contribution in [3.8, 4) is 5.75 Å². The van der Waals surface area contributed by atoms with Gasteiger partial charge in [-0.05, 0) is 74.8 Å². The van der Waals surface area contributed by atoms with Gasteiger partial charge in [-0.3, -0.25) is 9.59 Å². The molecule has 1 fully saturated rings. The van der Waals surface area contributed by atoms with E-state index in [1.54, 1.807) is 5.38 Å². The zero-order valence-electron chi connectivity index (χ0n) is 20.4. The lowest BCUT2D eigenvalue weighted by molar-refractivity contribution is -0.122. The lowest BCUT2D eigenvalue weighted by atomic mass is 9.91. The number of aryl methyl sites for hydroxylation is 3. The van der Waals surface area contributed by atoms with E-state index in [1.807, 2.05) is 56.3 Å². The lowest BCUT2D eigenvalue weighted by Crippen LogP contribution is -2.43. The minimum atomic E-state index is -0.144. The molecule has 0 bridgehead atoms. The third-order valence-electron chi connectivity index (χ3n) is 6.25. The number of nitrogens with one attached hydrogen (secondary N) is 2. The second-order valence-corrected chi connectivity index (χ2v) is 10.3. The summed E-state index contributed by atoms with van der Waals surface area (Å²) in [5.41, 5.74) is 3.92. The first-order chi connectivity index (χ1) is 16.9. The Balaban J connectivity index is 1.17. The summed E-state index contributed by atoms with van der Waals surface area (Å²) in [4.78, 5) is 29.5. The van der Waals surface area contributed by atoms with E-state index < -0.39 is 0 Å². The molecule has 2 N–H and O–H groups in total. The first-order valence-corrected chi connectivity index (χ1v) is 13.1. The van der Waals surface area contributed by atoms with Crippen LogP contribution in [-0.4, -0.2) is 28.9 Å². The fourth-order valence-corrected chi connectivity index (χ4v) is 5.17. The van der Waals surface area contributed by atoms with Gasteiger partial charge in [-0.1, -0.05) is 36.4 Å². The standard InChI is InChI=1S/C28H33N3O3S/c1-19-14-20(2)16-24(15-19)34-17-27-31-25(18-35-27)28(33)30-23-11-9-22(10-12-23)29-26(32)13-8-21-6-4-3-5-7-21/h3-7,14-16,18,22-23H,8-13,17H2,1-2H3,(H,29,32)(H,30,33). The molecule has 1 aliphatic carbocycles. The van der Waals surface area contributed by atoms with E-state index >= 15 is 0 Å². The first kappa shape index (κ1) is 24.9. The highest BCUT2D eigenvalue weighted by Crippen LogP contribution is 2.21. The number of benzene rings is 2. The van der Waals surface area contributed by atoms with Crippen LogP contribution in [-0.2, 0) is 17.8 Å². The monoisotopic (exact) mass is 491 g/mol. The number of ether oxygens (including phenoxy) is 1. The molecular formula is C28H33N3O3S. The lowest BCUT2D eigenvalue weighted by Gasteiger charge is -2.29. The number of amides is 2. The summed E-state index contributed by atoms with van der Waals surface area (Å²) in [7, 11) is 0. The van der Waals surface area contributed by atoms with Gasteiger partial charge in [0.1, 0.15) is 23.1 Å². The van der Waals surface area contributed by atoms with Crippen LogP contribution in [0.25, 0.3) is 0 Å². The molecule has 6 nitrogen and oxygen atoms in total. The van der Waals surface area contributed by atoms with Crippen LogP contribution in [0.3, 0.4) is 0 Å². The van der Waals surface area contributed by atoms with E-state index in [4.69, 9.17) is 4.74 Å². The van der Waals surface area contributed by atoms with Crippen molar-refractivity contribution in [2.75, 3.05) is 0 Å². The summed E-state index contributed by atoms with van der Waals surface area (Å²) in [5.74, 6) is 0.765. The summed E-state index contributed by atoms with van der Waals surface area (Å²) in [6.45, 7) is 4.42. The molecule has 4 rings (SSSR count). The molecule has 0 unspecified atom stereocenters. The Labute approximate surface area is 211 Å². The Morgan fingerprint density at radius 2 is 1.63 bits per heavy atom. The molecule has 1 heterocycles. The average Bonchev–Trinajstić information content (AvgIpc) is 3.32. The van der Waals surface area contributed by atoms with Crippen LogP contribution in [0.5, 0.6) is 5.75 Å². The molecule has 0 aliphatic heterocycles. The molecular weight excluding hydrogens is 458 g/mol. The zero-order valence-corrected chi connectivity index (χ0v) is 21.2. The average molecular weight is 492 g/mol. The van der Waals surface area contributed by atoms with Crippen LogP contribution in [0.2, 0.25) is 0 Å². The van der Waals surface area contributed by atoms with Crippen LogP contribution in [0, 0.1) is 13.8 Å². The normalized spacial score (nSPS) is 17.5. The Hall–Kier alpha value is -3.19. The van der Waals surface area contributed by atoms with Crippen molar-refractivity contribution in [1.82, 2.24) is 15.6 Å². The minimum absolute atomic E-state index is 0.0967. The highest BCUT2D eigenvalue weighted by atomic mass is 32.1. The Morgan fingerprint density at radius 3 is 2.31 bits per heavy atom. The molecule has 2 aromatic carbocycles. The Morgan fingerprint density at radius 1 is 0.971 bits per heavy atom. The second-order valence-electron chi connectivity index (χ2n) is 9.31. The highest BCUT2D eigenvalue weighted by Gasteiger charge is 2.24. The predicted octanol–water partition coefficient (Wildman–Crippen LogP) is 5.13. The summed E-state index contributed by atoms with van der Waals surface area (Å²) in [5, 5.41) is 8.83. The summed E-state index contributed by atoms with van der Waals surface area (Å²) < 4.78 is 5.86.